The number of rotatable bonds is 4. The van der Waals surface area contributed by atoms with Crippen LogP contribution in [0.1, 0.15) is 12.0 Å². The second-order valence-corrected chi connectivity index (χ2v) is 4.69. The molecule has 1 heterocycles. The van der Waals surface area contributed by atoms with Crippen molar-refractivity contribution in [3.8, 4) is 5.75 Å². The highest BCUT2D eigenvalue weighted by molar-refractivity contribution is 5.97. The van der Waals surface area contributed by atoms with E-state index in [-0.39, 0.29) is 18.6 Å². The fourth-order valence-corrected chi connectivity index (χ4v) is 2.35. The van der Waals surface area contributed by atoms with Crippen molar-refractivity contribution in [1.82, 2.24) is 0 Å². The lowest BCUT2D eigenvalue weighted by Gasteiger charge is -2.36. The van der Waals surface area contributed by atoms with E-state index in [4.69, 9.17) is 15.2 Å². The topological polar surface area (TPSA) is 64.8 Å². The van der Waals surface area contributed by atoms with Gasteiger partial charge < -0.3 is 20.1 Å². The number of nitrogens with two attached hydrogens (primary N) is 1. The third-order valence-electron chi connectivity index (χ3n) is 3.26. The van der Waals surface area contributed by atoms with Crippen molar-refractivity contribution in [2.45, 2.75) is 19.4 Å². The zero-order valence-corrected chi connectivity index (χ0v) is 11.4. The summed E-state index contributed by atoms with van der Waals surface area (Å²) >= 11 is 0. The largest absolute Gasteiger partial charge is 0.495 e. The van der Waals surface area contributed by atoms with Gasteiger partial charge in [0.15, 0.2) is 0 Å². The van der Waals surface area contributed by atoms with Gasteiger partial charge in [0.2, 0.25) is 0 Å². The van der Waals surface area contributed by atoms with E-state index in [0.717, 1.165) is 11.3 Å². The Bertz CT molecular complexity index is 460. The van der Waals surface area contributed by atoms with Gasteiger partial charge in [-0.05, 0) is 37.6 Å². The van der Waals surface area contributed by atoms with Crippen LogP contribution in [0.3, 0.4) is 0 Å². The van der Waals surface area contributed by atoms with Crippen LogP contribution in [0.5, 0.6) is 5.75 Å². The molecule has 5 heteroatoms. The smallest absolute Gasteiger partial charge is 0.253 e. The van der Waals surface area contributed by atoms with Gasteiger partial charge >= 0.3 is 0 Å². The van der Waals surface area contributed by atoms with Crippen LogP contribution in [0.4, 0.5) is 5.69 Å². The minimum atomic E-state index is -0.0476. The van der Waals surface area contributed by atoms with E-state index in [2.05, 4.69) is 0 Å². The summed E-state index contributed by atoms with van der Waals surface area (Å²) in [4.78, 5) is 13.9. The first-order chi connectivity index (χ1) is 9.17. The molecule has 104 valence electrons. The number of nitrogens with zero attached hydrogens (tertiary/aromatic N) is 1. The Morgan fingerprint density at radius 1 is 1.53 bits per heavy atom. The zero-order valence-electron chi connectivity index (χ0n) is 11.4. The first-order valence-electron chi connectivity index (χ1n) is 6.42. The summed E-state index contributed by atoms with van der Waals surface area (Å²) in [6, 6.07) is 5.78. The number of amides is 1. The van der Waals surface area contributed by atoms with Gasteiger partial charge in [-0.15, -0.1) is 0 Å². The molecule has 1 unspecified atom stereocenters. The summed E-state index contributed by atoms with van der Waals surface area (Å²) in [6.07, 6.45) is 0.711. The maximum absolute atomic E-state index is 12.2. The Morgan fingerprint density at radius 3 is 3.00 bits per heavy atom. The number of hydrogen-bond acceptors (Lipinski definition) is 4. The number of carbonyl (C=O) groups excluding carboxylic acids is 1. The van der Waals surface area contributed by atoms with Gasteiger partial charge in [-0.3, -0.25) is 4.79 Å². The zero-order chi connectivity index (χ0) is 13.8. The maximum atomic E-state index is 12.2. The highest BCUT2D eigenvalue weighted by Gasteiger charge is 2.31. The van der Waals surface area contributed by atoms with E-state index in [1.165, 1.54) is 0 Å². The molecular weight excluding hydrogens is 244 g/mol. The van der Waals surface area contributed by atoms with Gasteiger partial charge in [0.25, 0.3) is 5.91 Å². The maximum Gasteiger partial charge on any atom is 0.253 e. The van der Waals surface area contributed by atoms with Gasteiger partial charge in [0, 0.05) is 0 Å². The van der Waals surface area contributed by atoms with Crippen LogP contribution in [0.2, 0.25) is 0 Å². The Labute approximate surface area is 113 Å². The summed E-state index contributed by atoms with van der Waals surface area (Å²) in [5.74, 6) is 0.650. The molecular formula is C14H20N2O3. The van der Waals surface area contributed by atoms with E-state index in [1.54, 1.807) is 12.0 Å². The quantitative estimate of drug-likeness (QED) is 0.884. The molecule has 1 aromatic carbocycles. The predicted octanol–water partition coefficient (Wildman–Crippen LogP) is 1.08. The molecule has 1 aromatic rings. The third kappa shape index (κ3) is 2.88. The molecule has 2 N–H and O–H groups in total. The van der Waals surface area contributed by atoms with Gasteiger partial charge in [0.05, 0.1) is 25.4 Å². The van der Waals surface area contributed by atoms with Crippen LogP contribution >= 0.6 is 0 Å². The molecule has 0 saturated carbocycles. The van der Waals surface area contributed by atoms with E-state index >= 15 is 0 Å². The molecule has 0 aromatic heterocycles. The summed E-state index contributed by atoms with van der Waals surface area (Å²) in [7, 11) is 1.61. The number of hydrogen-bond donors (Lipinski definition) is 1. The molecule has 1 amide bonds. The number of carbonyl (C=O) groups is 1. The number of ether oxygens (including phenoxy) is 2. The number of aryl methyl sites for hydroxylation is 1. The minimum Gasteiger partial charge on any atom is -0.495 e. The first kappa shape index (κ1) is 13.8. The molecule has 1 fully saturated rings. The van der Waals surface area contributed by atoms with Crippen LogP contribution < -0.4 is 15.4 Å². The van der Waals surface area contributed by atoms with Crippen LogP contribution in [0, 0.1) is 6.92 Å². The van der Waals surface area contributed by atoms with E-state index in [0.29, 0.717) is 25.3 Å². The monoisotopic (exact) mass is 264 g/mol. The third-order valence-corrected chi connectivity index (χ3v) is 3.26. The predicted molar refractivity (Wildman–Crippen MR) is 73.5 cm³/mol. The second kappa shape index (κ2) is 6.04. The molecule has 1 saturated heterocycles. The number of benzene rings is 1. The Kier molecular flexibility index (Phi) is 4.39. The molecule has 0 aliphatic carbocycles. The molecule has 2 rings (SSSR count). The number of morpholine rings is 1. The van der Waals surface area contributed by atoms with Crippen molar-refractivity contribution in [3.05, 3.63) is 23.8 Å². The lowest BCUT2D eigenvalue weighted by Crippen LogP contribution is -2.50. The molecule has 5 nitrogen and oxygen atoms in total. The lowest BCUT2D eigenvalue weighted by molar-refractivity contribution is -0.127. The lowest BCUT2D eigenvalue weighted by atomic mass is 10.1. The number of anilines is 1. The van der Waals surface area contributed by atoms with Crippen LogP contribution in [0.25, 0.3) is 0 Å². The van der Waals surface area contributed by atoms with Crippen molar-refractivity contribution in [3.63, 3.8) is 0 Å². The van der Waals surface area contributed by atoms with Crippen molar-refractivity contribution in [1.29, 1.82) is 0 Å². The normalized spacial score (nSPS) is 19.6. The fraction of sp³-hybridized carbons (Fsp3) is 0.500. The second-order valence-electron chi connectivity index (χ2n) is 4.69. The fourth-order valence-electron chi connectivity index (χ4n) is 2.35. The Hall–Kier alpha value is -1.59. The van der Waals surface area contributed by atoms with Crippen LogP contribution in [-0.2, 0) is 9.53 Å². The number of methoxy groups -OCH3 is 1. The Morgan fingerprint density at radius 2 is 2.32 bits per heavy atom. The van der Waals surface area contributed by atoms with Gasteiger partial charge in [-0.2, -0.15) is 0 Å². The van der Waals surface area contributed by atoms with E-state index in [9.17, 15) is 4.79 Å². The molecule has 0 bridgehead atoms. The minimum absolute atomic E-state index is 0.0260. The van der Waals surface area contributed by atoms with Crippen molar-refractivity contribution in [2.24, 2.45) is 5.73 Å². The highest BCUT2D eigenvalue weighted by atomic mass is 16.5. The summed E-state index contributed by atoms with van der Waals surface area (Å²) in [5.41, 5.74) is 7.51. The van der Waals surface area contributed by atoms with Crippen molar-refractivity contribution < 1.29 is 14.3 Å². The molecule has 19 heavy (non-hydrogen) atoms. The average molecular weight is 264 g/mol. The SMILES string of the molecule is COc1ccc(C)cc1N1C(=O)COCC1CCN. The Balaban J connectivity index is 2.40. The summed E-state index contributed by atoms with van der Waals surface area (Å²) in [6.45, 7) is 3.13. The highest BCUT2D eigenvalue weighted by Crippen LogP contribution is 2.32. The molecule has 0 spiro atoms. The summed E-state index contributed by atoms with van der Waals surface area (Å²) < 4.78 is 10.7. The van der Waals surface area contributed by atoms with Crippen molar-refractivity contribution in [2.75, 3.05) is 31.8 Å². The first-order valence-corrected chi connectivity index (χ1v) is 6.42. The summed E-state index contributed by atoms with van der Waals surface area (Å²) in [5, 5.41) is 0. The van der Waals surface area contributed by atoms with E-state index < -0.39 is 0 Å². The van der Waals surface area contributed by atoms with Gasteiger partial charge in [-0.25, -0.2) is 0 Å². The molecule has 1 aliphatic rings. The molecule has 0 radical (unpaired) electrons. The van der Waals surface area contributed by atoms with Gasteiger partial charge in [0.1, 0.15) is 12.4 Å². The van der Waals surface area contributed by atoms with Crippen LogP contribution in [-0.4, -0.2) is 38.8 Å². The van der Waals surface area contributed by atoms with E-state index in [1.807, 2.05) is 25.1 Å². The average Bonchev–Trinajstić information content (AvgIpc) is 2.39. The molecule has 1 atom stereocenters. The standard InChI is InChI=1S/C14H20N2O3/c1-10-3-4-13(18-2)12(7-10)16-11(5-6-15)8-19-9-14(16)17/h3-4,7,11H,5-6,8-9,15H2,1-2H3. The van der Waals surface area contributed by atoms with Gasteiger partial charge in [-0.1, -0.05) is 6.07 Å². The van der Waals surface area contributed by atoms with Crippen LogP contribution in [0.15, 0.2) is 18.2 Å². The van der Waals surface area contributed by atoms with Crippen molar-refractivity contribution >= 4 is 11.6 Å². The molecule has 1 aliphatic heterocycles.